The quantitative estimate of drug-likeness (QED) is 0.471. The Morgan fingerprint density at radius 1 is 1.10 bits per heavy atom. The molecule has 2 aliphatic heterocycles. The highest BCUT2D eigenvalue weighted by Crippen LogP contribution is 2.08. The summed E-state index contributed by atoms with van der Waals surface area (Å²) in [6.07, 6.45) is 1.26. The first-order valence-electron chi connectivity index (χ1n) is 4.01. The summed E-state index contributed by atoms with van der Waals surface area (Å²) >= 11 is 0. The first-order chi connectivity index (χ1) is 4.97. The van der Waals surface area contributed by atoms with Crippen LogP contribution < -0.4 is 10.6 Å². The molecule has 0 aromatic rings. The number of ether oxygens (including phenoxy) is 1. The average molecular weight is 142 g/mol. The minimum absolute atomic E-state index is 0.572. The summed E-state index contributed by atoms with van der Waals surface area (Å²) in [6.45, 7) is 3.92. The number of nitrogens with one attached hydrogen (secondary N) is 2. The molecule has 0 spiro atoms. The van der Waals surface area contributed by atoms with Crippen LogP contribution in [-0.4, -0.2) is 38.4 Å². The third-order valence-corrected chi connectivity index (χ3v) is 2.30. The molecule has 2 unspecified atom stereocenters. The Balaban J connectivity index is 1.95. The second-order valence-corrected chi connectivity index (χ2v) is 2.98. The molecule has 0 amide bonds. The van der Waals surface area contributed by atoms with Gasteiger partial charge in [-0.1, -0.05) is 0 Å². The van der Waals surface area contributed by atoms with Gasteiger partial charge in [-0.2, -0.15) is 0 Å². The maximum absolute atomic E-state index is 5.38. The number of hydrogen-bond acceptors (Lipinski definition) is 3. The first kappa shape index (κ1) is 6.58. The topological polar surface area (TPSA) is 33.3 Å². The Bertz CT molecular complexity index is 106. The molecule has 2 fully saturated rings. The van der Waals surface area contributed by atoms with Crippen molar-refractivity contribution in [2.45, 2.75) is 18.5 Å². The number of rotatable bonds is 0. The fraction of sp³-hybridized carbons (Fsp3) is 1.00. The minimum Gasteiger partial charge on any atom is -0.378 e. The van der Waals surface area contributed by atoms with Gasteiger partial charge >= 0.3 is 0 Å². The molecule has 2 aliphatic rings. The lowest BCUT2D eigenvalue weighted by molar-refractivity contribution is 0.135. The van der Waals surface area contributed by atoms with Crippen LogP contribution in [0.25, 0.3) is 0 Å². The molecule has 3 nitrogen and oxygen atoms in total. The summed E-state index contributed by atoms with van der Waals surface area (Å²) < 4.78 is 5.38. The zero-order valence-electron chi connectivity index (χ0n) is 6.10. The number of hydrogen-bond donors (Lipinski definition) is 2. The zero-order valence-corrected chi connectivity index (χ0v) is 6.10. The summed E-state index contributed by atoms with van der Waals surface area (Å²) in [5, 5.41) is 6.87. The van der Waals surface area contributed by atoms with Crippen LogP contribution in [0.15, 0.2) is 0 Å². The van der Waals surface area contributed by atoms with E-state index in [1.807, 2.05) is 0 Å². The van der Waals surface area contributed by atoms with E-state index in [0.29, 0.717) is 12.1 Å². The van der Waals surface area contributed by atoms with Crippen molar-refractivity contribution in [2.75, 3.05) is 26.3 Å². The van der Waals surface area contributed by atoms with E-state index >= 15 is 0 Å². The van der Waals surface area contributed by atoms with E-state index in [4.69, 9.17) is 4.74 Å². The summed E-state index contributed by atoms with van der Waals surface area (Å²) in [4.78, 5) is 0. The highest BCUT2D eigenvalue weighted by Gasteiger charge is 2.27. The lowest BCUT2D eigenvalue weighted by atomic mass is 10.1. The molecule has 2 saturated heterocycles. The Kier molecular flexibility index (Phi) is 1.88. The fourth-order valence-corrected chi connectivity index (χ4v) is 1.71. The van der Waals surface area contributed by atoms with Crippen LogP contribution >= 0.6 is 0 Å². The van der Waals surface area contributed by atoms with Gasteiger partial charge in [-0.05, 0) is 13.0 Å². The molecule has 0 aromatic carbocycles. The minimum atomic E-state index is 0.572. The van der Waals surface area contributed by atoms with Gasteiger partial charge in [0, 0.05) is 18.6 Å². The van der Waals surface area contributed by atoms with Crippen molar-refractivity contribution in [1.29, 1.82) is 0 Å². The van der Waals surface area contributed by atoms with E-state index in [1.54, 1.807) is 0 Å². The van der Waals surface area contributed by atoms with Gasteiger partial charge in [0.1, 0.15) is 0 Å². The largest absolute Gasteiger partial charge is 0.378 e. The Morgan fingerprint density at radius 3 is 3.00 bits per heavy atom. The van der Waals surface area contributed by atoms with Gasteiger partial charge in [-0.25, -0.2) is 0 Å². The maximum atomic E-state index is 5.38. The normalized spacial score (nSPS) is 40.8. The second-order valence-electron chi connectivity index (χ2n) is 2.98. The highest BCUT2D eigenvalue weighted by molar-refractivity contribution is 4.90. The van der Waals surface area contributed by atoms with Crippen LogP contribution in [0.5, 0.6) is 0 Å². The van der Waals surface area contributed by atoms with E-state index in [9.17, 15) is 0 Å². The molecule has 10 heavy (non-hydrogen) atoms. The van der Waals surface area contributed by atoms with Crippen LogP contribution in [0, 0.1) is 0 Å². The van der Waals surface area contributed by atoms with Crippen molar-refractivity contribution in [3.63, 3.8) is 0 Å². The van der Waals surface area contributed by atoms with Gasteiger partial charge in [0.15, 0.2) is 0 Å². The molecule has 3 heteroatoms. The van der Waals surface area contributed by atoms with Gasteiger partial charge in [0.05, 0.1) is 13.2 Å². The lowest BCUT2D eigenvalue weighted by Gasteiger charge is -2.14. The summed E-state index contributed by atoms with van der Waals surface area (Å²) in [7, 11) is 0. The molecule has 0 radical (unpaired) electrons. The van der Waals surface area contributed by atoms with Gasteiger partial charge in [0.25, 0.3) is 0 Å². The monoisotopic (exact) mass is 142 g/mol. The third-order valence-electron chi connectivity index (χ3n) is 2.30. The number of fused-ring (bicyclic) bond motifs is 1. The molecule has 0 saturated carbocycles. The average Bonchev–Trinajstić information content (AvgIpc) is 2.28. The van der Waals surface area contributed by atoms with Crippen LogP contribution in [0.1, 0.15) is 6.42 Å². The van der Waals surface area contributed by atoms with Gasteiger partial charge in [0.2, 0.25) is 0 Å². The van der Waals surface area contributed by atoms with E-state index in [0.717, 1.165) is 26.3 Å². The predicted octanol–water partition coefficient (Wildman–Crippen LogP) is -0.663. The molecule has 2 atom stereocenters. The van der Waals surface area contributed by atoms with Gasteiger partial charge in [-0.3, -0.25) is 0 Å². The molecule has 0 aromatic heterocycles. The SMILES string of the molecule is C1COCC2NCCC2N1. The van der Waals surface area contributed by atoms with Crippen LogP contribution in [0.2, 0.25) is 0 Å². The maximum Gasteiger partial charge on any atom is 0.0635 e. The van der Waals surface area contributed by atoms with E-state index < -0.39 is 0 Å². The lowest BCUT2D eigenvalue weighted by Crippen LogP contribution is -2.40. The molecular weight excluding hydrogens is 128 g/mol. The fourth-order valence-electron chi connectivity index (χ4n) is 1.71. The standard InChI is InChI=1S/C7H14N2O/c1-2-8-7-5-10-4-3-9-6(1)7/h6-9H,1-5H2. The van der Waals surface area contributed by atoms with E-state index in [1.165, 1.54) is 6.42 Å². The van der Waals surface area contributed by atoms with Crippen molar-refractivity contribution in [3.05, 3.63) is 0 Å². The predicted molar refractivity (Wildman–Crippen MR) is 39.0 cm³/mol. The molecule has 2 heterocycles. The Labute approximate surface area is 61.1 Å². The van der Waals surface area contributed by atoms with Crippen molar-refractivity contribution in [3.8, 4) is 0 Å². The van der Waals surface area contributed by atoms with Crippen LogP contribution in [0.3, 0.4) is 0 Å². The van der Waals surface area contributed by atoms with Crippen LogP contribution in [-0.2, 0) is 4.74 Å². The molecule has 2 N–H and O–H groups in total. The van der Waals surface area contributed by atoms with Crippen molar-refractivity contribution >= 4 is 0 Å². The molecule has 58 valence electrons. The van der Waals surface area contributed by atoms with E-state index in [2.05, 4.69) is 10.6 Å². The Morgan fingerprint density at radius 2 is 2.00 bits per heavy atom. The Hall–Kier alpha value is -0.120. The highest BCUT2D eigenvalue weighted by atomic mass is 16.5. The smallest absolute Gasteiger partial charge is 0.0635 e. The first-order valence-corrected chi connectivity index (χ1v) is 4.01. The van der Waals surface area contributed by atoms with E-state index in [-0.39, 0.29) is 0 Å². The summed E-state index contributed by atoms with van der Waals surface area (Å²) in [5.74, 6) is 0. The summed E-state index contributed by atoms with van der Waals surface area (Å²) in [5.41, 5.74) is 0. The van der Waals surface area contributed by atoms with Crippen LogP contribution in [0.4, 0.5) is 0 Å². The van der Waals surface area contributed by atoms with Gasteiger partial charge < -0.3 is 15.4 Å². The molecule has 0 aliphatic carbocycles. The summed E-state index contributed by atoms with van der Waals surface area (Å²) in [6, 6.07) is 1.24. The molecule has 2 rings (SSSR count). The third kappa shape index (κ3) is 1.17. The van der Waals surface area contributed by atoms with Crippen molar-refractivity contribution in [1.82, 2.24) is 10.6 Å². The van der Waals surface area contributed by atoms with Crippen molar-refractivity contribution in [2.24, 2.45) is 0 Å². The molecular formula is C7H14N2O. The second kappa shape index (κ2) is 2.86. The zero-order chi connectivity index (χ0) is 6.81. The van der Waals surface area contributed by atoms with Crippen molar-refractivity contribution < 1.29 is 4.74 Å². The van der Waals surface area contributed by atoms with Gasteiger partial charge in [-0.15, -0.1) is 0 Å². The molecule has 0 bridgehead atoms.